The maximum atomic E-state index is 12.1. The van der Waals surface area contributed by atoms with E-state index in [4.69, 9.17) is 4.74 Å². The largest absolute Gasteiger partial charge is 0.497 e. The van der Waals surface area contributed by atoms with Gasteiger partial charge >= 0.3 is 0 Å². The molecule has 2 heterocycles. The number of ether oxygens (including phenoxy) is 1. The maximum Gasteiger partial charge on any atom is 0.230 e. The van der Waals surface area contributed by atoms with Crippen LogP contribution in [0.4, 0.5) is 0 Å². The molecule has 0 aliphatic heterocycles. The molecule has 0 saturated heterocycles. The van der Waals surface area contributed by atoms with Gasteiger partial charge in [0.2, 0.25) is 5.91 Å². The minimum atomic E-state index is -0.0627. The van der Waals surface area contributed by atoms with Gasteiger partial charge in [-0.3, -0.25) is 4.79 Å². The fraction of sp³-hybridized carbons (Fsp3) is 0.263. The van der Waals surface area contributed by atoms with Gasteiger partial charge in [-0.05, 0) is 49.7 Å². The summed E-state index contributed by atoms with van der Waals surface area (Å²) in [7, 11) is 1.62. The number of nitrogens with zero attached hydrogens (tertiary/aromatic N) is 4. The van der Waals surface area contributed by atoms with Gasteiger partial charge in [-0.15, -0.1) is 10.2 Å². The van der Waals surface area contributed by atoms with Gasteiger partial charge < -0.3 is 10.1 Å². The minimum Gasteiger partial charge on any atom is -0.497 e. The molecule has 1 N–H and O–H groups in total. The van der Waals surface area contributed by atoms with Crippen molar-refractivity contribution < 1.29 is 9.53 Å². The number of carbonyl (C=O) groups is 1. The Morgan fingerprint density at radius 2 is 2.04 bits per heavy atom. The number of methoxy groups -OCH3 is 1. The Kier molecular flexibility index (Phi) is 6.08. The highest BCUT2D eigenvalue weighted by Gasteiger charge is 2.08. The maximum absolute atomic E-state index is 12.1. The Balaban J connectivity index is 1.50. The molecule has 8 heteroatoms. The molecule has 0 spiro atoms. The molecule has 1 aromatic carbocycles. The summed E-state index contributed by atoms with van der Waals surface area (Å²) in [6.45, 7) is 4.36. The standard InChI is InChI=1S/C19H21N5O2S/c1-13-9-14(2)24(23-13)17-7-8-19(22-21-17)27-12-18(25)20-11-15-5-4-6-16(10-15)26-3/h4-10H,11-12H2,1-3H3,(H,20,25). The summed E-state index contributed by atoms with van der Waals surface area (Å²) in [5, 5.41) is 16.3. The minimum absolute atomic E-state index is 0.0627. The van der Waals surface area contributed by atoms with Crippen molar-refractivity contribution in [2.45, 2.75) is 25.4 Å². The molecule has 0 fully saturated rings. The van der Waals surface area contributed by atoms with Crippen LogP contribution in [0.25, 0.3) is 5.82 Å². The van der Waals surface area contributed by atoms with Gasteiger partial charge in [0, 0.05) is 12.2 Å². The first kappa shape index (κ1) is 18.9. The van der Waals surface area contributed by atoms with Crippen molar-refractivity contribution in [3.63, 3.8) is 0 Å². The summed E-state index contributed by atoms with van der Waals surface area (Å²) in [6, 6.07) is 13.3. The van der Waals surface area contributed by atoms with Crippen LogP contribution in [-0.4, -0.2) is 38.7 Å². The van der Waals surface area contributed by atoms with Gasteiger partial charge in [0.25, 0.3) is 0 Å². The lowest BCUT2D eigenvalue weighted by Gasteiger charge is -2.07. The molecular weight excluding hydrogens is 362 g/mol. The smallest absolute Gasteiger partial charge is 0.230 e. The summed E-state index contributed by atoms with van der Waals surface area (Å²) in [4.78, 5) is 12.1. The number of thioether (sulfide) groups is 1. The lowest BCUT2D eigenvalue weighted by atomic mass is 10.2. The van der Waals surface area contributed by atoms with Gasteiger partial charge in [0.05, 0.1) is 18.6 Å². The van der Waals surface area contributed by atoms with Crippen molar-refractivity contribution in [2.24, 2.45) is 0 Å². The zero-order valence-corrected chi connectivity index (χ0v) is 16.3. The van der Waals surface area contributed by atoms with E-state index in [9.17, 15) is 4.79 Å². The molecule has 0 aliphatic rings. The number of benzene rings is 1. The Labute approximate surface area is 162 Å². The number of nitrogens with one attached hydrogen (secondary N) is 1. The summed E-state index contributed by atoms with van der Waals surface area (Å²) < 4.78 is 6.93. The van der Waals surface area contributed by atoms with E-state index in [-0.39, 0.29) is 11.7 Å². The molecule has 3 rings (SSSR count). The molecule has 0 radical (unpaired) electrons. The van der Waals surface area contributed by atoms with Gasteiger partial charge in [0.1, 0.15) is 10.8 Å². The van der Waals surface area contributed by atoms with Crippen LogP contribution < -0.4 is 10.1 Å². The third kappa shape index (κ3) is 5.07. The molecule has 3 aromatic rings. The Bertz CT molecular complexity index is 924. The summed E-state index contributed by atoms with van der Waals surface area (Å²) in [6.07, 6.45) is 0. The fourth-order valence-electron chi connectivity index (χ4n) is 2.54. The number of rotatable bonds is 7. The second kappa shape index (κ2) is 8.68. The molecule has 1 amide bonds. The quantitative estimate of drug-likeness (QED) is 0.632. The number of amides is 1. The second-order valence-electron chi connectivity index (χ2n) is 5.99. The topological polar surface area (TPSA) is 81.9 Å². The third-order valence-electron chi connectivity index (χ3n) is 3.83. The van der Waals surface area contributed by atoms with E-state index in [0.29, 0.717) is 17.4 Å². The molecule has 0 atom stereocenters. The van der Waals surface area contributed by atoms with Crippen LogP contribution in [-0.2, 0) is 11.3 Å². The highest BCUT2D eigenvalue weighted by molar-refractivity contribution is 7.99. The average molecular weight is 383 g/mol. The number of aryl methyl sites for hydroxylation is 2. The highest BCUT2D eigenvalue weighted by Crippen LogP contribution is 2.16. The zero-order valence-electron chi connectivity index (χ0n) is 15.5. The first-order chi connectivity index (χ1) is 13.0. The summed E-state index contributed by atoms with van der Waals surface area (Å²) >= 11 is 1.34. The lowest BCUT2D eigenvalue weighted by molar-refractivity contribution is -0.118. The fourth-order valence-corrected chi connectivity index (χ4v) is 3.18. The third-order valence-corrected chi connectivity index (χ3v) is 4.75. The summed E-state index contributed by atoms with van der Waals surface area (Å²) in [5.74, 6) is 1.64. The second-order valence-corrected chi connectivity index (χ2v) is 6.98. The number of carbonyl (C=O) groups excluding carboxylic acids is 1. The van der Waals surface area contributed by atoms with Crippen LogP contribution in [0.1, 0.15) is 17.0 Å². The molecule has 0 unspecified atom stereocenters. The molecule has 0 saturated carbocycles. The molecule has 0 aliphatic carbocycles. The zero-order chi connectivity index (χ0) is 19.2. The van der Waals surface area contributed by atoms with E-state index in [1.165, 1.54) is 11.8 Å². The molecule has 0 bridgehead atoms. The van der Waals surface area contributed by atoms with Gasteiger partial charge in [0.15, 0.2) is 5.82 Å². The van der Waals surface area contributed by atoms with E-state index in [1.54, 1.807) is 11.8 Å². The normalized spacial score (nSPS) is 10.6. The van der Waals surface area contributed by atoms with E-state index < -0.39 is 0 Å². The molecule has 7 nitrogen and oxygen atoms in total. The highest BCUT2D eigenvalue weighted by atomic mass is 32.2. The van der Waals surface area contributed by atoms with E-state index >= 15 is 0 Å². The van der Waals surface area contributed by atoms with Crippen LogP contribution >= 0.6 is 11.8 Å². The van der Waals surface area contributed by atoms with E-state index in [0.717, 1.165) is 22.7 Å². The van der Waals surface area contributed by atoms with E-state index in [2.05, 4.69) is 20.6 Å². The Morgan fingerprint density at radius 1 is 1.19 bits per heavy atom. The molecular formula is C19H21N5O2S. The number of aromatic nitrogens is 4. The van der Waals surface area contributed by atoms with Crippen LogP contribution in [0.5, 0.6) is 5.75 Å². The van der Waals surface area contributed by atoms with Crippen molar-refractivity contribution in [3.8, 4) is 11.6 Å². The van der Waals surface area contributed by atoms with Crippen molar-refractivity contribution >= 4 is 17.7 Å². The van der Waals surface area contributed by atoms with Crippen molar-refractivity contribution in [1.29, 1.82) is 0 Å². The van der Waals surface area contributed by atoms with E-state index in [1.807, 2.05) is 56.3 Å². The predicted molar refractivity (Wildman–Crippen MR) is 104 cm³/mol. The van der Waals surface area contributed by atoms with Gasteiger partial charge in [-0.25, -0.2) is 4.68 Å². The van der Waals surface area contributed by atoms with Crippen LogP contribution in [0.15, 0.2) is 47.5 Å². The average Bonchev–Trinajstić information content (AvgIpc) is 3.03. The Hall–Kier alpha value is -2.87. The number of hydrogen-bond donors (Lipinski definition) is 1. The first-order valence-corrected chi connectivity index (χ1v) is 9.43. The molecule has 27 heavy (non-hydrogen) atoms. The van der Waals surface area contributed by atoms with Crippen LogP contribution in [0, 0.1) is 13.8 Å². The monoisotopic (exact) mass is 383 g/mol. The van der Waals surface area contributed by atoms with Crippen molar-refractivity contribution in [2.75, 3.05) is 12.9 Å². The van der Waals surface area contributed by atoms with Crippen LogP contribution in [0.3, 0.4) is 0 Å². The molecule has 2 aromatic heterocycles. The van der Waals surface area contributed by atoms with Crippen molar-refractivity contribution in [3.05, 3.63) is 59.4 Å². The summed E-state index contributed by atoms with van der Waals surface area (Å²) in [5.41, 5.74) is 2.92. The van der Waals surface area contributed by atoms with Gasteiger partial charge in [-0.1, -0.05) is 23.9 Å². The molecule has 140 valence electrons. The SMILES string of the molecule is COc1cccc(CNC(=O)CSc2ccc(-n3nc(C)cc3C)nn2)c1. The van der Waals surface area contributed by atoms with Crippen LogP contribution in [0.2, 0.25) is 0 Å². The lowest BCUT2D eigenvalue weighted by Crippen LogP contribution is -2.24. The number of hydrogen-bond acceptors (Lipinski definition) is 6. The van der Waals surface area contributed by atoms with Gasteiger partial charge in [-0.2, -0.15) is 5.10 Å². The first-order valence-electron chi connectivity index (χ1n) is 8.45. The van der Waals surface area contributed by atoms with Crippen molar-refractivity contribution in [1.82, 2.24) is 25.3 Å². The Morgan fingerprint density at radius 3 is 2.70 bits per heavy atom. The predicted octanol–water partition coefficient (Wildman–Crippen LogP) is 2.70.